The summed E-state index contributed by atoms with van der Waals surface area (Å²) in [6, 6.07) is 2.64. The van der Waals surface area contributed by atoms with Crippen LogP contribution in [0, 0.1) is 0 Å². The van der Waals surface area contributed by atoms with Gasteiger partial charge in [-0.1, -0.05) is 0 Å². The quantitative estimate of drug-likeness (QED) is 0.757. The van der Waals surface area contributed by atoms with Crippen LogP contribution in [-0.4, -0.2) is 53.8 Å². The smallest absolute Gasteiger partial charge is 0.356 e. The van der Waals surface area contributed by atoms with Crippen molar-refractivity contribution in [2.24, 2.45) is 0 Å². The molecule has 2 amide bonds. The van der Waals surface area contributed by atoms with Gasteiger partial charge in [0.1, 0.15) is 0 Å². The van der Waals surface area contributed by atoms with Gasteiger partial charge in [0.15, 0.2) is 5.69 Å². The molecule has 1 heterocycles. The number of nitrogens with zero attached hydrogens (tertiary/aromatic N) is 2. The number of nitrogens with one attached hydrogen (secondary N) is 1. The Bertz CT molecular complexity index is 450. The van der Waals surface area contributed by atoms with Crippen LogP contribution in [0.3, 0.4) is 0 Å². The van der Waals surface area contributed by atoms with E-state index >= 15 is 0 Å². The van der Waals surface area contributed by atoms with Crippen molar-refractivity contribution in [2.75, 3.05) is 32.1 Å². The van der Waals surface area contributed by atoms with E-state index in [0.29, 0.717) is 19.8 Å². The zero-order chi connectivity index (χ0) is 14.3. The number of carboxylic acids is 1. The van der Waals surface area contributed by atoms with Crippen molar-refractivity contribution in [3.8, 4) is 0 Å². The van der Waals surface area contributed by atoms with Crippen molar-refractivity contribution in [3.63, 3.8) is 0 Å². The average molecular weight is 267 g/mol. The number of carbonyl (C=O) groups excluding carboxylic acids is 1. The maximum atomic E-state index is 11.8. The number of aromatic carboxylic acids is 1. The molecule has 0 fully saturated rings. The Balaban J connectivity index is 2.64. The van der Waals surface area contributed by atoms with E-state index in [2.05, 4.69) is 10.3 Å². The van der Waals surface area contributed by atoms with E-state index in [-0.39, 0.29) is 11.4 Å². The molecule has 0 aromatic carbocycles. The molecule has 104 valence electrons. The Morgan fingerprint density at radius 2 is 2.26 bits per heavy atom. The Morgan fingerprint density at radius 3 is 2.89 bits per heavy atom. The van der Waals surface area contributed by atoms with Crippen LogP contribution in [0.1, 0.15) is 17.4 Å². The Hall–Kier alpha value is -2.15. The molecular formula is C12H17N3O4. The van der Waals surface area contributed by atoms with Crippen molar-refractivity contribution < 1.29 is 19.4 Å². The Morgan fingerprint density at radius 1 is 1.53 bits per heavy atom. The molecule has 1 rings (SSSR count). The van der Waals surface area contributed by atoms with Crippen LogP contribution >= 0.6 is 0 Å². The summed E-state index contributed by atoms with van der Waals surface area (Å²) in [6.45, 7) is 3.30. The van der Waals surface area contributed by atoms with E-state index in [9.17, 15) is 9.59 Å². The molecule has 0 radical (unpaired) electrons. The fourth-order valence-electron chi connectivity index (χ4n) is 1.33. The summed E-state index contributed by atoms with van der Waals surface area (Å²) in [4.78, 5) is 27.9. The van der Waals surface area contributed by atoms with Gasteiger partial charge in [0.25, 0.3) is 0 Å². The number of ether oxygens (including phenoxy) is 1. The van der Waals surface area contributed by atoms with Gasteiger partial charge in [0, 0.05) is 26.4 Å². The van der Waals surface area contributed by atoms with E-state index in [0.717, 1.165) is 0 Å². The number of carbonyl (C=O) groups is 2. The molecule has 2 N–H and O–H groups in total. The summed E-state index contributed by atoms with van der Waals surface area (Å²) in [7, 11) is 1.60. The van der Waals surface area contributed by atoms with Gasteiger partial charge in [-0.25, -0.2) is 14.6 Å². The first-order chi connectivity index (χ1) is 9.06. The second-order valence-corrected chi connectivity index (χ2v) is 3.75. The lowest BCUT2D eigenvalue weighted by Crippen LogP contribution is -2.34. The van der Waals surface area contributed by atoms with E-state index in [1.165, 1.54) is 17.2 Å². The molecule has 0 aliphatic heterocycles. The van der Waals surface area contributed by atoms with Crippen LogP contribution in [0.4, 0.5) is 10.5 Å². The number of anilines is 1. The molecule has 7 heteroatoms. The first-order valence-electron chi connectivity index (χ1n) is 5.84. The van der Waals surface area contributed by atoms with Crippen LogP contribution in [0.15, 0.2) is 18.3 Å². The second-order valence-electron chi connectivity index (χ2n) is 3.75. The summed E-state index contributed by atoms with van der Waals surface area (Å²) in [5.74, 6) is -1.19. The predicted molar refractivity (Wildman–Crippen MR) is 69.3 cm³/mol. The monoisotopic (exact) mass is 267 g/mol. The standard InChI is InChI=1S/C12H17N3O4/c1-3-19-8-7-15(2)12(18)14-9-5-4-6-13-10(9)11(16)17/h4-6H,3,7-8H2,1-2H3,(H,14,18)(H,16,17). The molecule has 0 spiro atoms. The van der Waals surface area contributed by atoms with Gasteiger partial charge < -0.3 is 20.1 Å². The number of likely N-dealkylation sites (N-methyl/N-ethyl adjacent to an activating group) is 1. The van der Waals surface area contributed by atoms with Gasteiger partial charge >= 0.3 is 12.0 Å². The minimum atomic E-state index is -1.19. The molecule has 0 unspecified atom stereocenters. The van der Waals surface area contributed by atoms with Gasteiger partial charge in [-0.15, -0.1) is 0 Å². The first kappa shape index (κ1) is 14.9. The van der Waals surface area contributed by atoms with E-state index in [4.69, 9.17) is 9.84 Å². The van der Waals surface area contributed by atoms with Crippen molar-refractivity contribution in [2.45, 2.75) is 6.92 Å². The fourth-order valence-corrected chi connectivity index (χ4v) is 1.33. The molecular weight excluding hydrogens is 250 g/mol. The van der Waals surface area contributed by atoms with Crippen molar-refractivity contribution >= 4 is 17.7 Å². The minimum absolute atomic E-state index is 0.170. The zero-order valence-corrected chi connectivity index (χ0v) is 10.9. The van der Waals surface area contributed by atoms with Crippen molar-refractivity contribution in [3.05, 3.63) is 24.0 Å². The molecule has 0 saturated carbocycles. The minimum Gasteiger partial charge on any atom is -0.476 e. The predicted octanol–water partition coefficient (Wildman–Crippen LogP) is 1.28. The normalized spacial score (nSPS) is 10.0. The largest absolute Gasteiger partial charge is 0.476 e. The highest BCUT2D eigenvalue weighted by Crippen LogP contribution is 2.12. The van der Waals surface area contributed by atoms with Crippen molar-refractivity contribution in [1.82, 2.24) is 9.88 Å². The maximum Gasteiger partial charge on any atom is 0.356 e. The highest BCUT2D eigenvalue weighted by Gasteiger charge is 2.15. The van der Waals surface area contributed by atoms with Crippen LogP contribution < -0.4 is 5.32 Å². The lowest BCUT2D eigenvalue weighted by molar-refractivity contribution is 0.0691. The topological polar surface area (TPSA) is 91.8 Å². The summed E-state index contributed by atoms with van der Waals surface area (Å²) >= 11 is 0. The SMILES string of the molecule is CCOCCN(C)C(=O)Nc1cccnc1C(=O)O. The molecule has 0 aliphatic carbocycles. The highest BCUT2D eigenvalue weighted by molar-refractivity contribution is 5.98. The van der Waals surface area contributed by atoms with Crippen LogP contribution in [-0.2, 0) is 4.74 Å². The van der Waals surface area contributed by atoms with Gasteiger partial charge in [0.05, 0.1) is 12.3 Å². The van der Waals surface area contributed by atoms with Crippen LogP contribution in [0.25, 0.3) is 0 Å². The summed E-state index contributed by atoms with van der Waals surface area (Å²) in [6.07, 6.45) is 1.36. The molecule has 7 nitrogen and oxygen atoms in total. The number of aromatic nitrogens is 1. The number of urea groups is 1. The van der Waals surface area contributed by atoms with Gasteiger partial charge in [-0.3, -0.25) is 0 Å². The lowest BCUT2D eigenvalue weighted by atomic mass is 10.3. The third-order valence-corrected chi connectivity index (χ3v) is 2.37. The molecule has 0 saturated heterocycles. The zero-order valence-electron chi connectivity index (χ0n) is 10.9. The number of carboxylic acid groups (broad SMARTS) is 1. The Kier molecular flexibility index (Phi) is 5.74. The van der Waals surface area contributed by atoms with Gasteiger partial charge in [-0.05, 0) is 19.1 Å². The molecule has 0 bridgehead atoms. The van der Waals surface area contributed by atoms with E-state index < -0.39 is 12.0 Å². The van der Waals surface area contributed by atoms with Gasteiger partial charge in [0.2, 0.25) is 0 Å². The maximum absolute atomic E-state index is 11.8. The molecule has 1 aromatic heterocycles. The van der Waals surface area contributed by atoms with Gasteiger partial charge in [-0.2, -0.15) is 0 Å². The fraction of sp³-hybridized carbons (Fsp3) is 0.417. The summed E-state index contributed by atoms with van der Waals surface area (Å²) in [5.41, 5.74) is -0.0164. The summed E-state index contributed by atoms with van der Waals surface area (Å²) in [5, 5.41) is 11.4. The molecule has 1 aromatic rings. The van der Waals surface area contributed by atoms with Crippen LogP contribution in [0.5, 0.6) is 0 Å². The van der Waals surface area contributed by atoms with E-state index in [1.807, 2.05) is 6.92 Å². The number of hydrogen-bond donors (Lipinski definition) is 2. The third-order valence-electron chi connectivity index (χ3n) is 2.37. The number of hydrogen-bond acceptors (Lipinski definition) is 4. The second kappa shape index (κ2) is 7.32. The lowest BCUT2D eigenvalue weighted by Gasteiger charge is -2.18. The molecule has 0 atom stereocenters. The average Bonchev–Trinajstić information content (AvgIpc) is 2.39. The number of rotatable bonds is 6. The molecule has 19 heavy (non-hydrogen) atoms. The van der Waals surface area contributed by atoms with Crippen LogP contribution in [0.2, 0.25) is 0 Å². The third kappa shape index (κ3) is 4.55. The van der Waals surface area contributed by atoms with Crippen molar-refractivity contribution in [1.29, 1.82) is 0 Å². The summed E-state index contributed by atoms with van der Waals surface area (Å²) < 4.78 is 5.14. The van der Waals surface area contributed by atoms with E-state index in [1.54, 1.807) is 13.1 Å². The first-order valence-corrected chi connectivity index (χ1v) is 5.84. The molecule has 0 aliphatic rings. The number of pyridine rings is 1. The highest BCUT2D eigenvalue weighted by atomic mass is 16.5. The Labute approximate surface area is 111 Å². The number of amides is 2.